The number of quaternary nitrogens is 1. The van der Waals surface area contributed by atoms with Gasteiger partial charge in [-0.3, -0.25) is 15.5 Å². The monoisotopic (exact) mass is 660 g/mol. The van der Waals surface area contributed by atoms with Crippen molar-refractivity contribution in [3.63, 3.8) is 0 Å². The number of aromatic nitrogens is 1. The number of carbonyl (C=O) groups is 2. The fraction of sp³-hybridized carbons (Fsp3) is 0.333. The Morgan fingerprint density at radius 2 is 1.88 bits per heavy atom. The lowest BCUT2D eigenvalue weighted by molar-refractivity contribution is -0.505. The highest BCUT2D eigenvalue weighted by atomic mass is 19.1. The number of carboxylic acids is 1. The molecule has 1 atom stereocenters. The summed E-state index contributed by atoms with van der Waals surface area (Å²) in [6.07, 6.45) is 2.74. The predicted octanol–water partition coefficient (Wildman–Crippen LogP) is 6.32. The standard InChI is InChI=1S/C36H39F2N5O5/c1-35(2)14-6-15-36(3,22-8-5-7-21(17-22)9-12-30(44)45)33(39)42-32(40-4)25-18-23(10-11-27(25)37)48-31-26(20-47-34(46)43-35)24-13-16-41-29(24)19-28(31)38/h5,7-8,10-11,13,16-19,41H,6,9,12,14-15,20H2,1-4H3,(H,43,46)(H,44,45)(H2,39,40,42)/p+1. The van der Waals surface area contributed by atoms with Gasteiger partial charge in [0.15, 0.2) is 11.6 Å². The second-order valence-corrected chi connectivity index (χ2v) is 12.8. The maximum absolute atomic E-state index is 15.5. The molecule has 10 nitrogen and oxygen atoms in total. The molecule has 0 saturated heterocycles. The number of halogens is 2. The molecule has 0 fully saturated rings. The number of alkyl carbamates (subject to hydrolysis) is 1. The highest BCUT2D eigenvalue weighted by Gasteiger charge is 2.34. The quantitative estimate of drug-likeness (QED) is 0.173. The third-order valence-corrected chi connectivity index (χ3v) is 8.79. The van der Waals surface area contributed by atoms with Gasteiger partial charge in [-0.15, -0.1) is 0 Å². The summed E-state index contributed by atoms with van der Waals surface area (Å²) in [6, 6.07) is 14.4. The molecule has 12 heteroatoms. The lowest BCUT2D eigenvalue weighted by atomic mass is 9.75. The molecule has 6 N–H and O–H groups in total. The van der Waals surface area contributed by atoms with E-state index in [0.717, 1.165) is 11.1 Å². The fourth-order valence-corrected chi connectivity index (χ4v) is 6.00. The maximum atomic E-state index is 15.5. The summed E-state index contributed by atoms with van der Waals surface area (Å²) in [5, 5.41) is 23.6. The third kappa shape index (κ3) is 7.54. The number of H-pyrrole nitrogens is 1. The first-order chi connectivity index (χ1) is 22.8. The van der Waals surface area contributed by atoms with E-state index in [2.05, 4.69) is 15.3 Å². The molecule has 0 spiro atoms. The number of amidine groups is 2. The average molecular weight is 661 g/mol. The number of aliphatic imine (C=N–C) groups is 1. The number of ether oxygens (including phenoxy) is 2. The lowest BCUT2D eigenvalue weighted by Gasteiger charge is -2.32. The third-order valence-electron chi connectivity index (χ3n) is 8.79. The zero-order chi connectivity index (χ0) is 34.6. The van der Waals surface area contributed by atoms with Gasteiger partial charge in [-0.25, -0.2) is 13.6 Å². The maximum Gasteiger partial charge on any atom is 0.407 e. The van der Waals surface area contributed by atoms with Crippen molar-refractivity contribution in [1.29, 1.82) is 5.41 Å². The number of aromatic amines is 1. The minimum absolute atomic E-state index is 0.0331. The summed E-state index contributed by atoms with van der Waals surface area (Å²) < 4.78 is 42.6. The number of cyclic esters (lactones) is 1. The van der Waals surface area contributed by atoms with Gasteiger partial charge in [-0.2, -0.15) is 4.99 Å². The van der Waals surface area contributed by atoms with E-state index in [1.165, 1.54) is 24.3 Å². The van der Waals surface area contributed by atoms with E-state index >= 15 is 8.78 Å². The summed E-state index contributed by atoms with van der Waals surface area (Å²) in [7, 11) is 1.69. The minimum Gasteiger partial charge on any atom is -0.481 e. The number of benzene rings is 3. The van der Waals surface area contributed by atoms with Crippen LogP contribution in [-0.2, 0) is 28.0 Å². The number of hydrogen-bond acceptors (Lipinski definition) is 5. The summed E-state index contributed by atoms with van der Waals surface area (Å²) in [5.74, 6) is -2.12. The fourth-order valence-electron chi connectivity index (χ4n) is 6.00. The number of nitrogens with one attached hydrogen (secondary N) is 3. The van der Waals surface area contributed by atoms with Gasteiger partial charge in [-0.05, 0) is 81.8 Å². The zero-order valence-electron chi connectivity index (χ0n) is 27.4. The van der Waals surface area contributed by atoms with Crippen molar-refractivity contribution in [3.05, 3.63) is 94.7 Å². The minimum atomic E-state index is -0.968. The smallest absolute Gasteiger partial charge is 0.407 e. The Bertz CT molecular complexity index is 1900. The van der Waals surface area contributed by atoms with E-state index in [0.29, 0.717) is 42.1 Å². The van der Waals surface area contributed by atoms with Crippen LogP contribution in [0.15, 0.2) is 65.8 Å². The Morgan fingerprint density at radius 3 is 2.62 bits per heavy atom. The van der Waals surface area contributed by atoms with E-state index in [1.807, 2.05) is 45.0 Å². The molecule has 48 heavy (non-hydrogen) atoms. The lowest BCUT2D eigenvalue weighted by Crippen LogP contribution is -2.84. The molecule has 1 unspecified atom stereocenters. The van der Waals surface area contributed by atoms with Crippen molar-refractivity contribution < 1.29 is 38.3 Å². The highest BCUT2D eigenvalue weighted by molar-refractivity contribution is 6.04. The van der Waals surface area contributed by atoms with Crippen molar-refractivity contribution >= 4 is 34.6 Å². The topological polar surface area (TPSA) is 153 Å². The molecule has 0 radical (unpaired) electrons. The molecule has 1 aliphatic heterocycles. The zero-order valence-corrected chi connectivity index (χ0v) is 27.4. The number of carbonyl (C=O) groups excluding carboxylic acids is 1. The van der Waals surface area contributed by atoms with Crippen LogP contribution in [0.5, 0.6) is 11.5 Å². The van der Waals surface area contributed by atoms with Gasteiger partial charge >= 0.3 is 12.1 Å². The van der Waals surface area contributed by atoms with Crippen LogP contribution in [0, 0.1) is 17.0 Å². The number of hydrogen-bond donors (Lipinski definition) is 5. The molecule has 1 amide bonds. The van der Waals surface area contributed by atoms with Crippen LogP contribution in [0.25, 0.3) is 10.9 Å². The molecule has 0 aliphatic carbocycles. The molecule has 2 heterocycles. The van der Waals surface area contributed by atoms with Gasteiger partial charge in [-0.1, -0.05) is 24.3 Å². The van der Waals surface area contributed by atoms with Crippen molar-refractivity contribution in [2.75, 3.05) is 7.05 Å². The molecule has 2 bridgehead atoms. The van der Waals surface area contributed by atoms with E-state index in [9.17, 15) is 20.1 Å². The number of amides is 1. The molecular formula is C36H40F2N5O5+. The van der Waals surface area contributed by atoms with E-state index in [4.69, 9.17) is 9.47 Å². The summed E-state index contributed by atoms with van der Waals surface area (Å²) in [5.41, 5.74) is 0.723. The number of fused-ring (bicyclic) bond motifs is 5. The average Bonchev–Trinajstić information content (AvgIpc) is 3.50. The molecule has 0 saturated carbocycles. The molecule has 3 aromatic carbocycles. The number of nitrogens with zero attached hydrogens (tertiary/aromatic N) is 1. The highest BCUT2D eigenvalue weighted by Crippen LogP contribution is 2.37. The second-order valence-electron chi connectivity index (χ2n) is 12.8. The summed E-state index contributed by atoms with van der Waals surface area (Å²) in [4.78, 5) is 31.9. The summed E-state index contributed by atoms with van der Waals surface area (Å²) in [6.45, 7) is 5.31. The van der Waals surface area contributed by atoms with Gasteiger partial charge in [0.1, 0.15) is 24.0 Å². The molecule has 4 aromatic rings. The van der Waals surface area contributed by atoms with Crippen molar-refractivity contribution in [3.8, 4) is 11.5 Å². The van der Waals surface area contributed by atoms with Crippen molar-refractivity contribution in [2.45, 2.75) is 70.4 Å². The first-order valence-electron chi connectivity index (χ1n) is 15.8. The Balaban J connectivity index is 1.62. The van der Waals surface area contributed by atoms with Gasteiger partial charge in [0.25, 0.3) is 0 Å². The van der Waals surface area contributed by atoms with Gasteiger partial charge in [0.2, 0.25) is 5.84 Å². The van der Waals surface area contributed by atoms with Crippen LogP contribution >= 0.6 is 0 Å². The number of aliphatic carboxylic acids is 1. The summed E-state index contributed by atoms with van der Waals surface area (Å²) >= 11 is 0. The molecule has 252 valence electrons. The molecule has 1 aliphatic rings. The van der Waals surface area contributed by atoms with Crippen molar-refractivity contribution in [1.82, 2.24) is 10.3 Å². The van der Waals surface area contributed by atoms with Crippen LogP contribution in [0.2, 0.25) is 0 Å². The number of nitrogens with two attached hydrogens (primary N) is 1. The Morgan fingerprint density at radius 1 is 1.08 bits per heavy atom. The second kappa shape index (κ2) is 13.9. The predicted molar refractivity (Wildman–Crippen MR) is 178 cm³/mol. The first kappa shape index (κ1) is 34.2. The van der Waals surface area contributed by atoms with Crippen LogP contribution in [0.1, 0.15) is 68.7 Å². The van der Waals surface area contributed by atoms with Crippen LogP contribution in [-0.4, -0.2) is 46.4 Å². The molecular weight excluding hydrogens is 620 g/mol. The molecule has 5 rings (SSSR count). The Kier molecular flexibility index (Phi) is 9.95. The largest absolute Gasteiger partial charge is 0.481 e. The normalized spacial score (nSPS) is 18.8. The Hall–Kier alpha value is -5.10. The SMILES string of the molecule is C[NH2+]C1=NC(=N)C(C)(c2cccc(CCC(=O)O)c2)CCCC(C)(C)NC(=O)OCc2c(c(F)cc3[nH]ccc23)Oc2ccc(F)c1c2. The van der Waals surface area contributed by atoms with E-state index in [1.54, 1.807) is 24.6 Å². The van der Waals surface area contributed by atoms with Gasteiger partial charge < -0.3 is 24.9 Å². The number of carboxylic acid groups (broad SMARTS) is 1. The first-order valence-corrected chi connectivity index (χ1v) is 15.8. The van der Waals surface area contributed by atoms with Crippen molar-refractivity contribution in [2.24, 2.45) is 4.99 Å². The van der Waals surface area contributed by atoms with E-state index < -0.39 is 34.7 Å². The van der Waals surface area contributed by atoms with Crippen LogP contribution in [0.4, 0.5) is 13.6 Å². The molecule has 1 aromatic heterocycles. The van der Waals surface area contributed by atoms with Crippen LogP contribution < -0.4 is 15.4 Å². The van der Waals surface area contributed by atoms with Gasteiger partial charge in [0.05, 0.1) is 18.0 Å². The number of rotatable bonds is 4. The van der Waals surface area contributed by atoms with E-state index in [-0.39, 0.29) is 41.8 Å². The Labute approximate surface area is 277 Å². The number of aryl methyl sites for hydroxylation is 1. The van der Waals surface area contributed by atoms with Crippen LogP contribution in [0.3, 0.4) is 0 Å². The van der Waals surface area contributed by atoms with Gasteiger partial charge in [0, 0.05) is 40.7 Å².